The number of H-pyrrole nitrogens is 1. The molecule has 0 fully saturated rings. The first-order valence-electron chi connectivity index (χ1n) is 8.65. The summed E-state index contributed by atoms with van der Waals surface area (Å²) in [6, 6.07) is 16.0. The lowest BCUT2D eigenvalue weighted by molar-refractivity contribution is -0.115. The third-order valence-electron chi connectivity index (χ3n) is 4.05. The van der Waals surface area contributed by atoms with Crippen LogP contribution >= 0.6 is 23.1 Å². The molecule has 4 rings (SSSR count). The Balaban J connectivity index is 1.36. The van der Waals surface area contributed by atoms with Crippen LogP contribution in [0.3, 0.4) is 0 Å². The number of carbonyl (C=O) groups is 1. The van der Waals surface area contributed by atoms with Gasteiger partial charge in [0.15, 0.2) is 0 Å². The summed E-state index contributed by atoms with van der Waals surface area (Å²) in [6.45, 7) is 1.80. The Kier molecular flexibility index (Phi) is 5.27. The fourth-order valence-electron chi connectivity index (χ4n) is 2.64. The molecule has 0 spiro atoms. The number of aromatic nitrogens is 4. The standard InChI is InChI=1S/C19H18N6OS2/c1-11(27-19-23-18(20)24-25-19)17(26)21-13-8-6-12(7-9-13)10-16-22-14-4-2-3-5-15(14)28-16/h2-9,11H,10H2,1H3,(H,21,26)(H3,20,23,24,25). The van der Waals surface area contributed by atoms with Crippen LogP contribution in [0.15, 0.2) is 53.7 Å². The molecule has 142 valence electrons. The quantitative estimate of drug-likeness (QED) is 0.418. The fraction of sp³-hybridized carbons (Fsp3) is 0.158. The number of benzene rings is 2. The summed E-state index contributed by atoms with van der Waals surface area (Å²) in [7, 11) is 0. The number of thioether (sulfide) groups is 1. The SMILES string of the molecule is CC(Sc1n[nH]c(N)n1)C(=O)Nc1ccc(Cc2nc3ccccc3s2)cc1. The molecule has 1 unspecified atom stereocenters. The summed E-state index contributed by atoms with van der Waals surface area (Å²) in [5.41, 5.74) is 8.43. The third kappa shape index (κ3) is 4.32. The fourth-order valence-corrected chi connectivity index (χ4v) is 4.38. The number of thiazole rings is 1. The molecule has 1 atom stereocenters. The maximum absolute atomic E-state index is 12.4. The second-order valence-corrected chi connectivity index (χ2v) is 8.62. The number of fused-ring (bicyclic) bond motifs is 1. The number of nitrogens with one attached hydrogen (secondary N) is 2. The number of rotatable bonds is 6. The van der Waals surface area contributed by atoms with Gasteiger partial charge in [-0.05, 0) is 36.8 Å². The molecule has 0 saturated heterocycles. The number of nitrogen functional groups attached to an aromatic ring is 1. The van der Waals surface area contributed by atoms with Crippen molar-refractivity contribution in [2.75, 3.05) is 11.1 Å². The Labute approximate surface area is 169 Å². The summed E-state index contributed by atoms with van der Waals surface area (Å²) in [4.78, 5) is 21.0. The van der Waals surface area contributed by atoms with Crippen LogP contribution in [0.2, 0.25) is 0 Å². The Hall–Kier alpha value is -2.91. The summed E-state index contributed by atoms with van der Waals surface area (Å²) in [6.07, 6.45) is 0.770. The van der Waals surface area contributed by atoms with E-state index in [0.717, 1.165) is 28.2 Å². The van der Waals surface area contributed by atoms with Crippen LogP contribution in [0.25, 0.3) is 10.2 Å². The largest absolute Gasteiger partial charge is 0.368 e. The predicted octanol–water partition coefficient (Wildman–Crippen LogP) is 3.71. The second kappa shape index (κ2) is 7.99. The molecule has 2 aromatic heterocycles. The third-order valence-corrected chi connectivity index (χ3v) is 6.05. The topological polar surface area (TPSA) is 110 Å². The van der Waals surface area contributed by atoms with Gasteiger partial charge in [0.05, 0.1) is 20.5 Å². The highest BCUT2D eigenvalue weighted by Crippen LogP contribution is 2.24. The number of hydrogen-bond acceptors (Lipinski definition) is 7. The first-order valence-corrected chi connectivity index (χ1v) is 10.4. The van der Waals surface area contributed by atoms with Crippen molar-refractivity contribution < 1.29 is 4.79 Å². The van der Waals surface area contributed by atoms with Crippen molar-refractivity contribution in [3.8, 4) is 0 Å². The van der Waals surface area contributed by atoms with Gasteiger partial charge < -0.3 is 11.1 Å². The molecule has 1 amide bonds. The molecule has 0 radical (unpaired) electrons. The van der Waals surface area contributed by atoms with Gasteiger partial charge in [0.1, 0.15) is 0 Å². The van der Waals surface area contributed by atoms with Crippen molar-refractivity contribution in [2.24, 2.45) is 0 Å². The van der Waals surface area contributed by atoms with Gasteiger partial charge in [-0.25, -0.2) is 10.1 Å². The summed E-state index contributed by atoms with van der Waals surface area (Å²) in [5.74, 6) is 0.117. The van der Waals surface area contributed by atoms with Crippen LogP contribution in [0.5, 0.6) is 0 Å². The lowest BCUT2D eigenvalue weighted by Crippen LogP contribution is -2.22. The molecule has 9 heteroatoms. The molecule has 4 N–H and O–H groups in total. The van der Waals surface area contributed by atoms with Crippen molar-refractivity contribution in [1.29, 1.82) is 0 Å². The van der Waals surface area contributed by atoms with Crippen LogP contribution in [0, 0.1) is 0 Å². The van der Waals surface area contributed by atoms with Crippen LogP contribution < -0.4 is 11.1 Å². The maximum Gasteiger partial charge on any atom is 0.237 e. The highest BCUT2D eigenvalue weighted by Gasteiger charge is 2.17. The van der Waals surface area contributed by atoms with E-state index in [4.69, 9.17) is 5.73 Å². The molecule has 0 aliphatic heterocycles. The number of carbonyl (C=O) groups excluding carboxylic acids is 1. The van der Waals surface area contributed by atoms with Crippen LogP contribution in [-0.4, -0.2) is 31.3 Å². The van der Waals surface area contributed by atoms with E-state index in [2.05, 4.69) is 31.5 Å². The number of hydrogen-bond donors (Lipinski definition) is 3. The van der Waals surface area contributed by atoms with Crippen molar-refractivity contribution in [3.63, 3.8) is 0 Å². The Morgan fingerprint density at radius 1 is 1.21 bits per heavy atom. The lowest BCUT2D eigenvalue weighted by atomic mass is 10.1. The Morgan fingerprint density at radius 3 is 2.71 bits per heavy atom. The molecule has 4 aromatic rings. The van der Waals surface area contributed by atoms with Gasteiger partial charge in [-0.15, -0.1) is 16.4 Å². The van der Waals surface area contributed by atoms with Crippen molar-refractivity contribution in [2.45, 2.75) is 23.8 Å². The van der Waals surface area contributed by atoms with Gasteiger partial charge in [-0.1, -0.05) is 36.0 Å². The van der Waals surface area contributed by atoms with Crippen molar-refractivity contribution >= 4 is 50.9 Å². The Bertz CT molecular complexity index is 1070. The molecule has 0 aliphatic rings. The van der Waals surface area contributed by atoms with E-state index in [-0.39, 0.29) is 17.1 Å². The summed E-state index contributed by atoms with van der Waals surface area (Å²) in [5, 5.41) is 10.6. The second-order valence-electron chi connectivity index (χ2n) is 6.20. The zero-order valence-electron chi connectivity index (χ0n) is 15.0. The van der Waals surface area contributed by atoms with E-state index in [0.29, 0.717) is 5.16 Å². The number of para-hydroxylation sites is 1. The molecule has 0 saturated carbocycles. The molecule has 0 bridgehead atoms. The Morgan fingerprint density at radius 2 is 2.00 bits per heavy atom. The lowest BCUT2D eigenvalue weighted by Gasteiger charge is -2.10. The van der Waals surface area contributed by atoms with E-state index in [1.54, 1.807) is 18.3 Å². The van der Waals surface area contributed by atoms with Crippen LogP contribution in [0.4, 0.5) is 11.6 Å². The monoisotopic (exact) mass is 410 g/mol. The molecular weight excluding hydrogens is 392 g/mol. The van der Waals surface area contributed by atoms with Crippen molar-refractivity contribution in [1.82, 2.24) is 20.2 Å². The van der Waals surface area contributed by atoms with Gasteiger partial charge in [-0.2, -0.15) is 4.98 Å². The average molecular weight is 411 g/mol. The average Bonchev–Trinajstić information content (AvgIpc) is 3.28. The molecule has 28 heavy (non-hydrogen) atoms. The minimum Gasteiger partial charge on any atom is -0.368 e. The summed E-state index contributed by atoms with van der Waals surface area (Å²) < 4.78 is 1.20. The van der Waals surface area contributed by atoms with Gasteiger partial charge in [0, 0.05) is 12.1 Å². The molecule has 2 aromatic carbocycles. The number of nitrogens with two attached hydrogens (primary N) is 1. The predicted molar refractivity (Wildman–Crippen MR) is 114 cm³/mol. The van der Waals surface area contributed by atoms with E-state index in [1.165, 1.54) is 16.5 Å². The zero-order chi connectivity index (χ0) is 19.5. The minimum absolute atomic E-state index is 0.118. The van der Waals surface area contributed by atoms with Crippen LogP contribution in [-0.2, 0) is 11.2 Å². The number of amides is 1. The highest BCUT2D eigenvalue weighted by molar-refractivity contribution is 8.00. The maximum atomic E-state index is 12.4. The molecule has 0 aliphatic carbocycles. The van der Waals surface area contributed by atoms with E-state index >= 15 is 0 Å². The zero-order valence-corrected chi connectivity index (χ0v) is 16.7. The first kappa shape index (κ1) is 18.5. The normalized spacial score (nSPS) is 12.2. The molecular formula is C19H18N6OS2. The first-order chi connectivity index (χ1) is 13.6. The minimum atomic E-state index is -0.349. The van der Waals surface area contributed by atoms with Crippen molar-refractivity contribution in [3.05, 3.63) is 59.1 Å². The highest BCUT2D eigenvalue weighted by atomic mass is 32.2. The van der Waals surface area contributed by atoms with E-state index in [1.807, 2.05) is 42.5 Å². The number of anilines is 2. The van der Waals surface area contributed by atoms with Crippen LogP contribution in [0.1, 0.15) is 17.5 Å². The van der Waals surface area contributed by atoms with Gasteiger partial charge >= 0.3 is 0 Å². The van der Waals surface area contributed by atoms with Gasteiger partial charge in [-0.3, -0.25) is 4.79 Å². The molecule has 2 heterocycles. The molecule has 7 nitrogen and oxygen atoms in total. The number of aromatic amines is 1. The summed E-state index contributed by atoms with van der Waals surface area (Å²) >= 11 is 2.95. The smallest absolute Gasteiger partial charge is 0.237 e. The number of nitrogens with zero attached hydrogens (tertiary/aromatic N) is 3. The van der Waals surface area contributed by atoms with Gasteiger partial charge in [0.25, 0.3) is 0 Å². The van der Waals surface area contributed by atoms with Gasteiger partial charge in [0.2, 0.25) is 17.0 Å². The van der Waals surface area contributed by atoms with E-state index in [9.17, 15) is 4.79 Å². The van der Waals surface area contributed by atoms with E-state index < -0.39 is 0 Å².